The van der Waals surface area contributed by atoms with Crippen molar-refractivity contribution < 1.29 is 37.3 Å². The molecule has 1 saturated heterocycles. The summed E-state index contributed by atoms with van der Waals surface area (Å²) in [6.07, 6.45) is 1.28. The molecule has 36 heavy (non-hydrogen) atoms. The Bertz CT molecular complexity index is 1300. The number of hydrogen-bond acceptors (Lipinski definition) is 13. The fourth-order valence-electron chi connectivity index (χ4n) is 3.06. The molecule has 2 atom stereocenters. The first-order valence-corrected chi connectivity index (χ1v) is 12.4. The SMILES string of the molecule is CC(C)(ON=C(C(=O)N[C@@H]1C(=O)N(S(=O)(=O)O)[C@@H]1Cc1cn(CCN)nn1)c1csc(N)n1)C(=O)O. The molecule has 2 aromatic rings. The van der Waals surface area contributed by atoms with Crippen LogP contribution in [0.5, 0.6) is 0 Å². The summed E-state index contributed by atoms with van der Waals surface area (Å²) >= 11 is 0.961. The molecule has 7 N–H and O–H groups in total. The maximum Gasteiger partial charge on any atom is 0.362 e. The van der Waals surface area contributed by atoms with E-state index in [2.05, 4.69) is 25.8 Å². The molecule has 1 fully saturated rings. The van der Waals surface area contributed by atoms with E-state index in [1.807, 2.05) is 0 Å². The number of amides is 2. The minimum atomic E-state index is -4.95. The number of oxime groups is 1. The van der Waals surface area contributed by atoms with Crippen LogP contribution in [0.1, 0.15) is 25.2 Å². The Morgan fingerprint density at radius 3 is 2.64 bits per heavy atom. The van der Waals surface area contributed by atoms with E-state index in [0.29, 0.717) is 6.54 Å². The Balaban J connectivity index is 1.88. The minimum Gasteiger partial charge on any atom is -0.478 e. The molecule has 19 heteroatoms. The number of carbonyl (C=O) groups is 3. The molecule has 2 aromatic heterocycles. The molecule has 0 bridgehead atoms. The predicted octanol–water partition coefficient (Wildman–Crippen LogP) is -2.40. The van der Waals surface area contributed by atoms with Crippen LogP contribution in [0.2, 0.25) is 0 Å². The third kappa shape index (κ3) is 5.75. The summed E-state index contributed by atoms with van der Waals surface area (Å²) in [5.74, 6) is -3.52. The summed E-state index contributed by atoms with van der Waals surface area (Å²) in [5.41, 5.74) is 8.93. The lowest BCUT2D eigenvalue weighted by Crippen LogP contribution is -2.73. The molecule has 1 aliphatic heterocycles. The van der Waals surface area contributed by atoms with Gasteiger partial charge in [-0.05, 0) is 13.8 Å². The van der Waals surface area contributed by atoms with Crippen LogP contribution < -0.4 is 16.8 Å². The van der Waals surface area contributed by atoms with E-state index < -0.39 is 51.5 Å². The second-order valence-electron chi connectivity index (χ2n) is 8.01. The molecular weight excluding hydrogens is 522 g/mol. The molecule has 0 aliphatic carbocycles. The van der Waals surface area contributed by atoms with Crippen molar-refractivity contribution in [2.45, 2.75) is 44.5 Å². The number of nitrogens with two attached hydrogens (primary N) is 2. The maximum absolute atomic E-state index is 13.1. The van der Waals surface area contributed by atoms with Crippen LogP contribution in [0.3, 0.4) is 0 Å². The molecule has 3 rings (SSSR count). The lowest BCUT2D eigenvalue weighted by atomic mass is 9.94. The number of carboxylic acid groups (broad SMARTS) is 1. The summed E-state index contributed by atoms with van der Waals surface area (Å²) in [6, 6.07) is -2.68. The molecule has 0 radical (unpaired) electrons. The number of carbonyl (C=O) groups excluding carboxylic acids is 2. The zero-order valence-corrected chi connectivity index (χ0v) is 20.6. The first-order valence-electron chi connectivity index (χ1n) is 10.2. The van der Waals surface area contributed by atoms with E-state index in [0.717, 1.165) is 11.3 Å². The van der Waals surface area contributed by atoms with Gasteiger partial charge < -0.3 is 26.7 Å². The molecule has 0 aromatic carbocycles. The van der Waals surface area contributed by atoms with Crippen LogP contribution in [-0.4, -0.2) is 90.1 Å². The van der Waals surface area contributed by atoms with Crippen molar-refractivity contribution in [3.05, 3.63) is 23.0 Å². The van der Waals surface area contributed by atoms with Gasteiger partial charge in [0.25, 0.3) is 11.8 Å². The van der Waals surface area contributed by atoms with Gasteiger partial charge in [0.05, 0.1) is 18.3 Å². The highest BCUT2D eigenvalue weighted by atomic mass is 32.2. The van der Waals surface area contributed by atoms with Gasteiger partial charge in [0.1, 0.15) is 11.7 Å². The zero-order chi connectivity index (χ0) is 26.8. The van der Waals surface area contributed by atoms with Crippen molar-refractivity contribution in [1.29, 1.82) is 0 Å². The van der Waals surface area contributed by atoms with Crippen LogP contribution in [0.15, 0.2) is 16.7 Å². The van der Waals surface area contributed by atoms with Crippen molar-refractivity contribution in [3.8, 4) is 0 Å². The lowest BCUT2D eigenvalue weighted by molar-refractivity contribution is -0.161. The molecule has 3 heterocycles. The van der Waals surface area contributed by atoms with Crippen LogP contribution in [0.25, 0.3) is 0 Å². The highest BCUT2D eigenvalue weighted by Crippen LogP contribution is 2.27. The van der Waals surface area contributed by atoms with Crippen LogP contribution in [-0.2, 0) is 42.5 Å². The minimum absolute atomic E-state index is 0.0682. The number of β-lactam (4-membered cyclic amide) rings is 1. The average Bonchev–Trinajstić information content (AvgIpc) is 3.39. The molecule has 2 amide bonds. The van der Waals surface area contributed by atoms with Crippen molar-refractivity contribution in [2.75, 3.05) is 12.3 Å². The van der Waals surface area contributed by atoms with Gasteiger partial charge in [-0.25, -0.2) is 14.1 Å². The standard InChI is InChI=1S/C17H23N9O8S2/c1-17(2,15(29)30)34-23-11(9-7-35-16(19)20-9)13(27)21-12-10(26(14(12)28)36(31,32)33)5-8-6-25(4-3-18)24-22-8/h6-7,10,12H,3-5,18H2,1-2H3,(H2,19,20)(H,21,27)(H,29,30)(H,31,32,33)/t10-,12+/m1/s1. The van der Waals surface area contributed by atoms with Crippen LogP contribution in [0.4, 0.5) is 5.13 Å². The Kier molecular flexibility index (Phi) is 7.57. The normalized spacial score (nSPS) is 18.6. The van der Waals surface area contributed by atoms with Crippen molar-refractivity contribution >= 4 is 50.3 Å². The fourth-order valence-corrected chi connectivity index (χ4v) is 4.49. The average molecular weight is 546 g/mol. The number of carboxylic acids is 1. The number of rotatable bonds is 11. The number of nitrogens with zero attached hydrogens (tertiary/aromatic N) is 6. The highest BCUT2D eigenvalue weighted by Gasteiger charge is 2.54. The lowest BCUT2D eigenvalue weighted by Gasteiger charge is -2.43. The Morgan fingerprint density at radius 1 is 1.39 bits per heavy atom. The van der Waals surface area contributed by atoms with E-state index >= 15 is 0 Å². The quantitative estimate of drug-likeness (QED) is 0.0854. The summed E-state index contributed by atoms with van der Waals surface area (Å²) in [7, 11) is -4.95. The first-order chi connectivity index (χ1) is 16.7. The molecule has 17 nitrogen and oxygen atoms in total. The van der Waals surface area contributed by atoms with Gasteiger partial charge in [0.2, 0.25) is 5.60 Å². The Morgan fingerprint density at radius 2 is 2.08 bits per heavy atom. The molecule has 0 saturated carbocycles. The molecular formula is C17H23N9O8S2. The maximum atomic E-state index is 13.1. The number of aliphatic carboxylic acids is 1. The third-order valence-corrected chi connectivity index (χ3v) is 6.55. The molecule has 0 spiro atoms. The van der Waals surface area contributed by atoms with E-state index in [-0.39, 0.29) is 33.8 Å². The molecule has 196 valence electrons. The topological polar surface area (TPSA) is 258 Å². The van der Waals surface area contributed by atoms with E-state index in [4.69, 9.17) is 16.3 Å². The molecule has 1 aliphatic rings. The summed E-state index contributed by atoms with van der Waals surface area (Å²) in [5, 5.41) is 24.3. The molecule has 0 unspecified atom stereocenters. The van der Waals surface area contributed by atoms with Crippen molar-refractivity contribution in [3.63, 3.8) is 0 Å². The summed E-state index contributed by atoms with van der Waals surface area (Å²) in [4.78, 5) is 45.9. The number of nitrogen functional groups attached to an aromatic ring is 1. The number of nitrogens with one attached hydrogen (secondary N) is 1. The van der Waals surface area contributed by atoms with E-state index in [1.165, 1.54) is 30.1 Å². The van der Waals surface area contributed by atoms with Crippen LogP contribution in [0, 0.1) is 0 Å². The van der Waals surface area contributed by atoms with E-state index in [1.54, 1.807) is 0 Å². The van der Waals surface area contributed by atoms with E-state index in [9.17, 15) is 32.5 Å². The number of anilines is 1. The van der Waals surface area contributed by atoms with Crippen molar-refractivity contribution in [1.82, 2.24) is 29.6 Å². The zero-order valence-electron chi connectivity index (χ0n) is 18.9. The van der Waals surface area contributed by atoms with Gasteiger partial charge in [-0.3, -0.25) is 18.8 Å². The Labute approximate surface area is 208 Å². The summed E-state index contributed by atoms with van der Waals surface area (Å²) in [6.45, 7) is 2.99. The number of hydrogen-bond donors (Lipinski definition) is 5. The fraction of sp³-hybridized carbons (Fsp3) is 0.471. The smallest absolute Gasteiger partial charge is 0.362 e. The van der Waals surface area contributed by atoms with Crippen molar-refractivity contribution in [2.24, 2.45) is 10.9 Å². The largest absolute Gasteiger partial charge is 0.478 e. The monoisotopic (exact) mass is 545 g/mol. The third-order valence-electron chi connectivity index (χ3n) is 4.93. The first kappa shape index (κ1) is 26.9. The van der Waals surface area contributed by atoms with Gasteiger partial charge in [-0.1, -0.05) is 10.4 Å². The number of thiazole rings is 1. The van der Waals surface area contributed by atoms with Gasteiger partial charge in [-0.15, -0.1) is 16.4 Å². The summed E-state index contributed by atoms with van der Waals surface area (Å²) < 4.78 is 34.6. The highest BCUT2D eigenvalue weighted by molar-refractivity contribution is 7.84. The second-order valence-corrected chi connectivity index (χ2v) is 10.2. The second kappa shape index (κ2) is 10.1. The number of aromatic nitrogens is 4. The predicted molar refractivity (Wildman–Crippen MR) is 123 cm³/mol. The van der Waals surface area contributed by atoms with Gasteiger partial charge in [0.15, 0.2) is 10.8 Å². The van der Waals surface area contributed by atoms with Gasteiger partial charge >= 0.3 is 16.3 Å². The van der Waals surface area contributed by atoms with Crippen LogP contribution >= 0.6 is 11.3 Å². The Hall–Kier alpha value is -3.68. The van der Waals surface area contributed by atoms with Gasteiger partial charge in [-0.2, -0.15) is 8.42 Å². The van der Waals surface area contributed by atoms with Gasteiger partial charge in [0, 0.05) is 24.5 Å².